The molecule has 0 aliphatic carbocycles. The molecule has 1 amide bonds. The number of nitrogens with one attached hydrogen (secondary N) is 1. The third-order valence-electron chi connectivity index (χ3n) is 2.09. The maximum atomic E-state index is 11.7. The number of amides is 1. The summed E-state index contributed by atoms with van der Waals surface area (Å²) in [5, 5.41) is 7.65. The van der Waals surface area contributed by atoms with Crippen molar-refractivity contribution in [1.29, 1.82) is 0 Å². The van der Waals surface area contributed by atoms with Gasteiger partial charge in [0.15, 0.2) is 0 Å². The molecule has 0 unspecified atom stereocenters. The van der Waals surface area contributed by atoms with Gasteiger partial charge >= 0.3 is 0 Å². The summed E-state index contributed by atoms with van der Waals surface area (Å²) in [6.07, 6.45) is 1.58. The molecule has 0 atom stereocenters. The van der Waals surface area contributed by atoms with Crippen molar-refractivity contribution in [3.63, 3.8) is 0 Å². The summed E-state index contributed by atoms with van der Waals surface area (Å²) in [6, 6.07) is 7.60. The molecule has 2 rings (SSSR count). The smallest absolute Gasteiger partial charge is 0.266 e. The number of hydrogen-bond acceptors (Lipinski definition) is 5. The zero-order chi connectivity index (χ0) is 13.0. The lowest BCUT2D eigenvalue weighted by atomic mass is 10.2. The predicted molar refractivity (Wildman–Crippen MR) is 73.8 cm³/mol. The number of carbonyl (C=O) groups excluding carboxylic acids is 1. The summed E-state index contributed by atoms with van der Waals surface area (Å²) in [5.41, 5.74) is 3.94. The van der Waals surface area contributed by atoms with Crippen molar-refractivity contribution in [2.45, 2.75) is 6.92 Å². The van der Waals surface area contributed by atoms with Crippen LogP contribution in [0.15, 0.2) is 33.8 Å². The second-order valence-corrected chi connectivity index (χ2v) is 5.11. The fourth-order valence-electron chi connectivity index (χ4n) is 1.24. The average molecular weight is 325 g/mol. The molecule has 7 heteroatoms. The molecule has 1 aromatic carbocycles. The van der Waals surface area contributed by atoms with Gasteiger partial charge in [-0.05, 0) is 36.2 Å². The van der Waals surface area contributed by atoms with Gasteiger partial charge in [0.25, 0.3) is 5.91 Å². The zero-order valence-corrected chi connectivity index (χ0v) is 11.8. The van der Waals surface area contributed by atoms with Gasteiger partial charge in [0.1, 0.15) is 4.88 Å². The van der Waals surface area contributed by atoms with E-state index in [4.69, 9.17) is 0 Å². The molecule has 0 fully saturated rings. The summed E-state index contributed by atoms with van der Waals surface area (Å²) in [6.45, 7) is 1.73. The topological polar surface area (TPSA) is 67.2 Å². The van der Waals surface area contributed by atoms with Gasteiger partial charge in [-0.15, -0.1) is 5.10 Å². The van der Waals surface area contributed by atoms with Crippen LogP contribution < -0.4 is 5.43 Å². The Hall–Kier alpha value is -1.60. The van der Waals surface area contributed by atoms with Crippen molar-refractivity contribution >= 4 is 39.6 Å². The first-order valence-corrected chi connectivity index (χ1v) is 6.61. The molecule has 1 aromatic heterocycles. The van der Waals surface area contributed by atoms with Crippen molar-refractivity contribution in [2.75, 3.05) is 0 Å². The highest BCUT2D eigenvalue weighted by atomic mass is 79.9. The largest absolute Gasteiger partial charge is 0.285 e. The van der Waals surface area contributed by atoms with E-state index in [0.29, 0.717) is 10.6 Å². The quantitative estimate of drug-likeness (QED) is 0.696. The van der Waals surface area contributed by atoms with E-state index in [1.807, 2.05) is 24.3 Å². The fraction of sp³-hybridized carbons (Fsp3) is 0.0909. The molecule has 1 N–H and O–H groups in total. The van der Waals surface area contributed by atoms with Gasteiger partial charge in [0, 0.05) is 4.47 Å². The Morgan fingerprint density at radius 3 is 3.06 bits per heavy atom. The molecular formula is C11H9BrN4OS. The first-order chi connectivity index (χ1) is 8.66. The van der Waals surface area contributed by atoms with E-state index < -0.39 is 0 Å². The lowest BCUT2D eigenvalue weighted by Gasteiger charge is -1.96. The zero-order valence-electron chi connectivity index (χ0n) is 9.42. The summed E-state index contributed by atoms with van der Waals surface area (Å²) in [5.74, 6) is -0.297. The Morgan fingerprint density at radius 2 is 2.39 bits per heavy atom. The molecule has 1 heterocycles. The van der Waals surface area contributed by atoms with Crippen molar-refractivity contribution < 1.29 is 4.79 Å². The van der Waals surface area contributed by atoms with Gasteiger partial charge in [0.05, 0.1) is 11.9 Å². The number of halogens is 1. The van der Waals surface area contributed by atoms with Crippen LogP contribution in [0.25, 0.3) is 0 Å². The Bertz CT molecular complexity index is 596. The van der Waals surface area contributed by atoms with Gasteiger partial charge in [-0.3, -0.25) is 4.79 Å². The van der Waals surface area contributed by atoms with Crippen LogP contribution in [0, 0.1) is 6.92 Å². The molecule has 0 aliphatic heterocycles. The molecule has 0 spiro atoms. The first-order valence-electron chi connectivity index (χ1n) is 5.05. The molecule has 5 nitrogen and oxygen atoms in total. The minimum absolute atomic E-state index is 0.297. The lowest BCUT2D eigenvalue weighted by Crippen LogP contribution is -2.17. The molecule has 2 aromatic rings. The van der Waals surface area contributed by atoms with Crippen LogP contribution in [-0.4, -0.2) is 21.7 Å². The minimum atomic E-state index is -0.297. The van der Waals surface area contributed by atoms with Crippen molar-refractivity contribution in [3.8, 4) is 0 Å². The van der Waals surface area contributed by atoms with E-state index in [-0.39, 0.29) is 5.91 Å². The highest BCUT2D eigenvalue weighted by Gasteiger charge is 2.11. The van der Waals surface area contributed by atoms with Gasteiger partial charge in [-0.25, -0.2) is 5.43 Å². The number of rotatable bonds is 3. The number of benzene rings is 1. The van der Waals surface area contributed by atoms with Crippen molar-refractivity contribution in [3.05, 3.63) is 44.9 Å². The fourth-order valence-corrected chi connectivity index (χ4v) is 2.21. The number of nitrogens with zero attached hydrogens (tertiary/aromatic N) is 3. The maximum absolute atomic E-state index is 11.7. The van der Waals surface area contributed by atoms with Crippen LogP contribution in [0.4, 0.5) is 0 Å². The molecule has 92 valence electrons. The van der Waals surface area contributed by atoms with Gasteiger partial charge in [0.2, 0.25) is 0 Å². The van der Waals surface area contributed by atoms with Crippen LogP contribution in [0.2, 0.25) is 0 Å². The molecular weight excluding hydrogens is 316 g/mol. The summed E-state index contributed by atoms with van der Waals surface area (Å²) in [4.78, 5) is 12.2. The van der Waals surface area contributed by atoms with E-state index in [1.165, 1.54) is 0 Å². The standard InChI is InChI=1S/C11H9BrN4OS/c1-7-10(18-16-14-7)11(17)15-13-6-8-3-2-4-9(12)5-8/h2-6H,1H3,(H,15,17)/b13-6-. The number of hydrazone groups is 1. The van der Waals surface area contributed by atoms with Crippen LogP contribution in [0.3, 0.4) is 0 Å². The molecule has 0 aliphatic rings. The van der Waals surface area contributed by atoms with Gasteiger partial charge in [-0.2, -0.15) is 5.10 Å². The van der Waals surface area contributed by atoms with Crippen molar-refractivity contribution in [1.82, 2.24) is 15.0 Å². The number of hydrogen-bond donors (Lipinski definition) is 1. The van der Waals surface area contributed by atoms with E-state index in [2.05, 4.69) is 36.0 Å². The summed E-state index contributed by atoms with van der Waals surface area (Å²) < 4.78 is 4.65. The third kappa shape index (κ3) is 3.21. The monoisotopic (exact) mass is 324 g/mol. The lowest BCUT2D eigenvalue weighted by molar-refractivity contribution is 0.0958. The van der Waals surface area contributed by atoms with Crippen molar-refractivity contribution in [2.24, 2.45) is 5.10 Å². The number of aryl methyl sites for hydroxylation is 1. The van der Waals surface area contributed by atoms with E-state index in [9.17, 15) is 4.79 Å². The molecule has 0 radical (unpaired) electrons. The van der Waals surface area contributed by atoms with E-state index in [1.54, 1.807) is 13.1 Å². The third-order valence-corrected chi connectivity index (χ3v) is 3.41. The highest BCUT2D eigenvalue weighted by Crippen LogP contribution is 2.10. The van der Waals surface area contributed by atoms with Crippen LogP contribution in [0.1, 0.15) is 20.9 Å². The van der Waals surface area contributed by atoms with Crippen LogP contribution >= 0.6 is 27.5 Å². The number of carbonyl (C=O) groups is 1. The van der Waals surface area contributed by atoms with E-state index in [0.717, 1.165) is 21.6 Å². The summed E-state index contributed by atoms with van der Waals surface area (Å²) in [7, 11) is 0. The van der Waals surface area contributed by atoms with E-state index >= 15 is 0 Å². The van der Waals surface area contributed by atoms with Crippen LogP contribution in [-0.2, 0) is 0 Å². The highest BCUT2D eigenvalue weighted by molar-refractivity contribution is 9.10. The second kappa shape index (κ2) is 5.83. The van der Waals surface area contributed by atoms with Gasteiger partial charge in [-0.1, -0.05) is 32.6 Å². The molecule has 0 saturated carbocycles. The SMILES string of the molecule is Cc1nnsc1C(=O)N/N=C\c1cccc(Br)c1. The van der Waals surface area contributed by atoms with Crippen LogP contribution in [0.5, 0.6) is 0 Å². The first kappa shape index (κ1) is 12.8. The summed E-state index contributed by atoms with van der Waals surface area (Å²) >= 11 is 4.41. The predicted octanol–water partition coefficient (Wildman–Crippen LogP) is 2.37. The normalized spacial score (nSPS) is 10.8. The number of aromatic nitrogens is 2. The Morgan fingerprint density at radius 1 is 1.56 bits per heavy atom. The molecule has 0 saturated heterocycles. The van der Waals surface area contributed by atoms with Gasteiger partial charge < -0.3 is 0 Å². The molecule has 0 bridgehead atoms. The minimum Gasteiger partial charge on any atom is -0.266 e. The Labute approximate surface area is 116 Å². The Kier molecular flexibility index (Phi) is 4.16. The maximum Gasteiger partial charge on any atom is 0.285 e. The molecule has 18 heavy (non-hydrogen) atoms. The second-order valence-electron chi connectivity index (χ2n) is 3.44. The Balaban J connectivity index is 2.00. The average Bonchev–Trinajstić information content (AvgIpc) is 2.75.